The Kier molecular flexibility index (Phi) is 10.3. The zero-order valence-corrected chi connectivity index (χ0v) is 20.1. The van der Waals surface area contributed by atoms with Gasteiger partial charge < -0.3 is 20.1 Å². The number of nitrogens with one attached hydrogen (secondary N) is 1. The third-order valence-corrected chi connectivity index (χ3v) is 5.62. The molecule has 0 unspecified atom stereocenters. The van der Waals surface area contributed by atoms with Crippen molar-refractivity contribution in [3.05, 3.63) is 53.1 Å². The first-order valence-electron chi connectivity index (χ1n) is 11.3. The molecule has 1 amide bonds. The second-order valence-electron chi connectivity index (χ2n) is 8.66. The van der Waals surface area contributed by atoms with Crippen LogP contribution in [0, 0.1) is 5.92 Å². The van der Waals surface area contributed by atoms with E-state index in [2.05, 4.69) is 15.2 Å². The van der Waals surface area contributed by atoms with Crippen LogP contribution in [0.15, 0.2) is 30.7 Å². The predicted octanol–water partition coefficient (Wildman–Crippen LogP) is 3.38. The maximum atomic E-state index is 12.3. The lowest BCUT2D eigenvalue weighted by Gasteiger charge is -2.29. The van der Waals surface area contributed by atoms with E-state index in [9.17, 15) is 31.1 Å². The first kappa shape index (κ1) is 30.6. The summed E-state index contributed by atoms with van der Waals surface area (Å²) < 4.78 is 65.3. The van der Waals surface area contributed by atoms with Crippen LogP contribution in [0.25, 0.3) is 0 Å². The van der Waals surface area contributed by atoms with Crippen LogP contribution in [0.2, 0.25) is 0 Å². The minimum atomic E-state index is -5.08. The molecule has 0 saturated heterocycles. The molecule has 0 atom stereocenters. The van der Waals surface area contributed by atoms with Gasteiger partial charge in [-0.3, -0.25) is 14.7 Å². The Labute approximate surface area is 213 Å². The van der Waals surface area contributed by atoms with Crippen LogP contribution in [0.5, 0.6) is 0 Å². The number of carboxylic acids is 2. The van der Waals surface area contributed by atoms with Gasteiger partial charge in [0.1, 0.15) is 5.69 Å². The fraction of sp³-hybridized carbons (Fsp3) is 0.478. The highest BCUT2D eigenvalue weighted by molar-refractivity contribution is 5.92. The number of rotatable bonds is 5. The van der Waals surface area contributed by atoms with Crippen LogP contribution in [-0.4, -0.2) is 68.0 Å². The molecule has 2 aromatic heterocycles. The molecule has 0 aromatic carbocycles. The predicted molar refractivity (Wildman–Crippen MR) is 120 cm³/mol. The van der Waals surface area contributed by atoms with E-state index >= 15 is 0 Å². The average Bonchev–Trinajstić information content (AvgIpc) is 3.53. The van der Waals surface area contributed by atoms with Crippen molar-refractivity contribution in [2.24, 2.45) is 13.0 Å². The van der Waals surface area contributed by atoms with Crippen molar-refractivity contribution >= 4 is 17.8 Å². The Bertz CT molecular complexity index is 1100. The summed E-state index contributed by atoms with van der Waals surface area (Å²) in [6, 6.07) is 3.72. The van der Waals surface area contributed by atoms with Gasteiger partial charge in [-0.25, -0.2) is 9.59 Å². The van der Waals surface area contributed by atoms with Crippen molar-refractivity contribution in [2.75, 3.05) is 13.1 Å². The topological polar surface area (TPSA) is 125 Å². The number of nitrogens with zero attached hydrogens (tertiary/aromatic N) is 3. The zero-order chi connectivity index (χ0) is 28.7. The highest BCUT2D eigenvalue weighted by atomic mass is 19.4. The first-order valence-corrected chi connectivity index (χ1v) is 11.3. The second kappa shape index (κ2) is 12.8. The number of aromatic nitrogens is 2. The Morgan fingerprint density at radius 1 is 1.05 bits per heavy atom. The fourth-order valence-electron chi connectivity index (χ4n) is 3.56. The lowest BCUT2D eigenvalue weighted by molar-refractivity contribution is -0.193. The molecule has 0 bridgehead atoms. The van der Waals surface area contributed by atoms with Crippen LogP contribution in [0.1, 0.15) is 40.0 Å². The summed E-state index contributed by atoms with van der Waals surface area (Å²) in [4.78, 5) is 37.0. The van der Waals surface area contributed by atoms with Gasteiger partial charge >= 0.3 is 24.3 Å². The first-order chi connectivity index (χ1) is 17.6. The molecule has 3 heterocycles. The molecule has 38 heavy (non-hydrogen) atoms. The maximum absolute atomic E-state index is 12.3. The SMILES string of the molecule is Cn1cccc1C(=O)NCc1cncc2c1CCN(CC1CC1)C2.O=C(O)C(F)(F)F.O=C(O)C(F)(F)F. The van der Waals surface area contributed by atoms with Gasteiger partial charge in [0.15, 0.2) is 0 Å². The number of pyridine rings is 1. The van der Waals surface area contributed by atoms with Crippen molar-refractivity contribution in [1.29, 1.82) is 0 Å². The molecule has 0 spiro atoms. The molecule has 9 nitrogen and oxygen atoms in total. The summed E-state index contributed by atoms with van der Waals surface area (Å²) in [5, 5.41) is 17.3. The summed E-state index contributed by atoms with van der Waals surface area (Å²) >= 11 is 0. The van der Waals surface area contributed by atoms with Crippen LogP contribution in [0.3, 0.4) is 0 Å². The van der Waals surface area contributed by atoms with Gasteiger partial charge in [0, 0.05) is 51.8 Å². The minimum absolute atomic E-state index is 0.0359. The van der Waals surface area contributed by atoms with Crippen molar-refractivity contribution in [3.63, 3.8) is 0 Å². The second-order valence-corrected chi connectivity index (χ2v) is 8.66. The molecule has 15 heteroatoms. The molecule has 1 fully saturated rings. The molecule has 1 aliphatic carbocycles. The Morgan fingerprint density at radius 2 is 1.63 bits per heavy atom. The number of fused-ring (bicyclic) bond motifs is 1. The van der Waals surface area contributed by atoms with Crippen molar-refractivity contribution < 1.29 is 50.9 Å². The van der Waals surface area contributed by atoms with E-state index in [1.165, 1.54) is 30.5 Å². The summed E-state index contributed by atoms with van der Waals surface area (Å²) in [5.41, 5.74) is 4.54. The number of alkyl halides is 6. The van der Waals surface area contributed by atoms with Gasteiger partial charge in [0.2, 0.25) is 0 Å². The number of carboxylic acid groups (broad SMARTS) is 2. The molecule has 3 N–H and O–H groups in total. The zero-order valence-electron chi connectivity index (χ0n) is 20.1. The van der Waals surface area contributed by atoms with E-state index < -0.39 is 24.3 Å². The molecule has 2 aliphatic rings. The molecule has 0 radical (unpaired) electrons. The normalized spacial score (nSPS) is 15.2. The smallest absolute Gasteiger partial charge is 0.475 e. The molecule has 4 rings (SSSR count). The molecular formula is C23H26F6N4O5. The van der Waals surface area contributed by atoms with Gasteiger partial charge in [-0.1, -0.05) is 0 Å². The number of hydrogen-bond donors (Lipinski definition) is 3. The molecule has 2 aromatic rings. The standard InChI is InChI=1S/C19H24N4O.2C2HF3O2/c1-22-7-2-3-18(22)19(24)21-11-15-9-20-10-16-13-23(8-6-17(15)16)12-14-4-5-14;2*3-2(4,5)1(6)7/h2-3,7,9-10,14H,4-6,8,11-13H2,1H3,(H,21,24);2*(H,6,7). The monoisotopic (exact) mass is 552 g/mol. The maximum Gasteiger partial charge on any atom is 0.490 e. The highest BCUT2D eigenvalue weighted by Gasteiger charge is 2.38. The Morgan fingerprint density at radius 3 is 2.11 bits per heavy atom. The van der Waals surface area contributed by atoms with Crippen molar-refractivity contribution in [2.45, 2.75) is 44.7 Å². The highest BCUT2D eigenvalue weighted by Crippen LogP contribution is 2.31. The number of carbonyl (C=O) groups excluding carboxylic acids is 1. The van der Waals surface area contributed by atoms with E-state index in [1.54, 1.807) is 0 Å². The average molecular weight is 552 g/mol. The summed E-state index contributed by atoms with van der Waals surface area (Å²) in [5.74, 6) is -4.63. The number of halogens is 6. The van der Waals surface area contributed by atoms with E-state index in [0.717, 1.165) is 31.0 Å². The van der Waals surface area contributed by atoms with E-state index in [-0.39, 0.29) is 5.91 Å². The number of hydrogen-bond acceptors (Lipinski definition) is 5. The molecule has 1 saturated carbocycles. The van der Waals surface area contributed by atoms with Gasteiger partial charge in [-0.2, -0.15) is 26.3 Å². The summed E-state index contributed by atoms with van der Waals surface area (Å²) in [7, 11) is 1.88. The van der Waals surface area contributed by atoms with Gasteiger partial charge in [0.25, 0.3) is 5.91 Å². The Balaban J connectivity index is 0.000000301. The molecule has 1 aliphatic heterocycles. The quantitative estimate of drug-likeness (QED) is 0.486. The number of aryl methyl sites for hydroxylation is 1. The number of carbonyl (C=O) groups is 3. The summed E-state index contributed by atoms with van der Waals surface area (Å²) in [6.45, 7) is 3.89. The van der Waals surface area contributed by atoms with Crippen molar-refractivity contribution in [1.82, 2.24) is 19.8 Å². The lowest BCUT2D eigenvalue weighted by Crippen LogP contribution is -2.33. The van der Waals surface area contributed by atoms with E-state index in [0.29, 0.717) is 12.2 Å². The number of amides is 1. The van der Waals surface area contributed by atoms with E-state index in [1.807, 2.05) is 42.3 Å². The lowest BCUT2D eigenvalue weighted by atomic mass is 9.97. The van der Waals surface area contributed by atoms with E-state index in [4.69, 9.17) is 19.8 Å². The van der Waals surface area contributed by atoms with Crippen LogP contribution in [0.4, 0.5) is 26.3 Å². The molecular weight excluding hydrogens is 526 g/mol. The fourth-order valence-corrected chi connectivity index (χ4v) is 3.56. The van der Waals surface area contributed by atoms with Crippen LogP contribution in [-0.2, 0) is 36.1 Å². The van der Waals surface area contributed by atoms with Crippen LogP contribution < -0.4 is 5.32 Å². The molecule has 210 valence electrons. The van der Waals surface area contributed by atoms with Crippen LogP contribution >= 0.6 is 0 Å². The van der Waals surface area contributed by atoms with Crippen molar-refractivity contribution in [3.8, 4) is 0 Å². The number of aliphatic carboxylic acids is 2. The third kappa shape index (κ3) is 9.68. The van der Waals surface area contributed by atoms with Gasteiger partial charge in [-0.15, -0.1) is 0 Å². The minimum Gasteiger partial charge on any atom is -0.475 e. The Hall–Kier alpha value is -3.62. The third-order valence-electron chi connectivity index (χ3n) is 5.62. The largest absolute Gasteiger partial charge is 0.490 e. The van der Waals surface area contributed by atoms with Gasteiger partial charge in [-0.05, 0) is 54.0 Å². The van der Waals surface area contributed by atoms with Gasteiger partial charge in [0.05, 0.1) is 0 Å². The summed E-state index contributed by atoms with van der Waals surface area (Å²) in [6.07, 6.45) is -0.535.